The molecule has 5 nitrogen and oxygen atoms in total. The monoisotopic (exact) mass is 343 g/mol. The van der Waals surface area contributed by atoms with Crippen LogP contribution >= 0.6 is 0 Å². The summed E-state index contributed by atoms with van der Waals surface area (Å²) in [4.78, 5) is 24.1. The van der Waals surface area contributed by atoms with Gasteiger partial charge in [-0.2, -0.15) is 0 Å². The summed E-state index contributed by atoms with van der Waals surface area (Å²) in [6, 6.07) is 12.6. The van der Waals surface area contributed by atoms with Crippen LogP contribution in [0.3, 0.4) is 0 Å². The first-order valence-electron chi connectivity index (χ1n) is 8.18. The first-order chi connectivity index (χ1) is 12.0. The topological polar surface area (TPSA) is 70.2 Å². The predicted octanol–water partition coefficient (Wildman–Crippen LogP) is 3.40. The van der Waals surface area contributed by atoms with Gasteiger partial charge in [-0.15, -0.1) is 0 Å². The lowest BCUT2D eigenvalue weighted by Crippen LogP contribution is -2.31. The number of amides is 2. The second-order valence-corrected chi connectivity index (χ2v) is 5.77. The van der Waals surface area contributed by atoms with Crippen molar-refractivity contribution in [2.24, 2.45) is 0 Å². The first-order valence-corrected chi connectivity index (χ1v) is 8.18. The first kappa shape index (κ1) is 18.4. The molecule has 0 heterocycles. The third-order valence-corrected chi connectivity index (χ3v) is 3.70. The molecule has 2 amide bonds. The lowest BCUT2D eigenvalue weighted by atomic mass is 10.1. The number of benzene rings is 2. The van der Waals surface area contributed by atoms with Crippen LogP contribution in [0.4, 0.5) is 15.8 Å². The Morgan fingerprint density at radius 3 is 2.48 bits per heavy atom. The molecule has 2 aromatic carbocycles. The number of halogens is 1. The third-order valence-electron chi connectivity index (χ3n) is 3.70. The van der Waals surface area contributed by atoms with Crippen molar-refractivity contribution in [2.45, 2.75) is 26.3 Å². The van der Waals surface area contributed by atoms with Crippen LogP contribution in [0.25, 0.3) is 0 Å². The van der Waals surface area contributed by atoms with Crippen molar-refractivity contribution in [2.75, 3.05) is 17.2 Å². The zero-order chi connectivity index (χ0) is 18.2. The predicted molar refractivity (Wildman–Crippen MR) is 97.2 cm³/mol. The van der Waals surface area contributed by atoms with Crippen LogP contribution in [0.15, 0.2) is 48.5 Å². The van der Waals surface area contributed by atoms with Crippen molar-refractivity contribution < 1.29 is 14.0 Å². The maximum Gasteiger partial charge on any atom is 0.251 e. The summed E-state index contributed by atoms with van der Waals surface area (Å²) in [6.07, 6.45) is 0.854. The zero-order valence-corrected chi connectivity index (χ0v) is 14.3. The molecule has 2 rings (SSSR count). The smallest absolute Gasteiger partial charge is 0.251 e. The number of nitrogens with one attached hydrogen (secondary N) is 3. The highest BCUT2D eigenvalue weighted by Crippen LogP contribution is 2.12. The number of carbonyl (C=O) groups excluding carboxylic acids is 2. The molecule has 0 saturated carbocycles. The molecule has 0 aliphatic heterocycles. The fraction of sp³-hybridized carbons (Fsp3) is 0.263. The van der Waals surface area contributed by atoms with E-state index in [0.717, 1.165) is 6.42 Å². The van der Waals surface area contributed by atoms with Crippen LogP contribution in [0.2, 0.25) is 0 Å². The summed E-state index contributed by atoms with van der Waals surface area (Å²) in [5, 5.41) is 8.53. The number of hydrogen-bond acceptors (Lipinski definition) is 3. The molecule has 0 aliphatic carbocycles. The van der Waals surface area contributed by atoms with Crippen LogP contribution < -0.4 is 16.0 Å². The lowest BCUT2D eigenvalue weighted by Gasteiger charge is -2.12. The standard InChI is InChI=1S/C19H22FN3O2/c1-3-13(2)22-19(25)14-5-4-6-17(11-14)21-12-18(24)23-16-9-7-15(20)8-10-16/h4-11,13,21H,3,12H2,1-2H3,(H,22,25)(H,23,24). The molecule has 0 fully saturated rings. The van der Waals surface area contributed by atoms with Gasteiger partial charge < -0.3 is 16.0 Å². The largest absolute Gasteiger partial charge is 0.376 e. The van der Waals surface area contributed by atoms with Crippen LogP contribution in [0.5, 0.6) is 0 Å². The summed E-state index contributed by atoms with van der Waals surface area (Å²) in [5.41, 5.74) is 1.73. The van der Waals surface area contributed by atoms with Gasteiger partial charge in [0.05, 0.1) is 6.54 Å². The number of hydrogen-bond donors (Lipinski definition) is 3. The molecule has 0 aliphatic rings. The van der Waals surface area contributed by atoms with Gasteiger partial charge in [-0.25, -0.2) is 4.39 Å². The highest BCUT2D eigenvalue weighted by atomic mass is 19.1. The molecule has 6 heteroatoms. The fourth-order valence-corrected chi connectivity index (χ4v) is 2.10. The molecule has 132 valence electrons. The number of anilines is 2. The molecule has 0 bridgehead atoms. The molecule has 2 aromatic rings. The van der Waals surface area contributed by atoms with Crippen LogP contribution in [0.1, 0.15) is 30.6 Å². The minimum Gasteiger partial charge on any atom is -0.376 e. The van der Waals surface area contributed by atoms with Gasteiger partial charge in [0, 0.05) is 23.0 Å². The molecule has 25 heavy (non-hydrogen) atoms. The summed E-state index contributed by atoms with van der Waals surface area (Å²) < 4.78 is 12.8. The Bertz CT molecular complexity index is 732. The Hall–Kier alpha value is -2.89. The Kier molecular flexibility index (Phi) is 6.51. The highest BCUT2D eigenvalue weighted by Gasteiger charge is 2.09. The molecular weight excluding hydrogens is 321 g/mol. The summed E-state index contributed by atoms with van der Waals surface area (Å²) in [7, 11) is 0. The maximum atomic E-state index is 12.8. The van der Waals surface area contributed by atoms with Crippen molar-refractivity contribution in [1.82, 2.24) is 5.32 Å². The quantitative estimate of drug-likeness (QED) is 0.721. The van der Waals surface area contributed by atoms with E-state index in [1.165, 1.54) is 24.3 Å². The van der Waals surface area contributed by atoms with Crippen molar-refractivity contribution in [1.29, 1.82) is 0 Å². The van der Waals surface area contributed by atoms with Gasteiger partial charge in [0.1, 0.15) is 5.82 Å². The Morgan fingerprint density at radius 1 is 1.08 bits per heavy atom. The number of rotatable bonds is 7. The number of carbonyl (C=O) groups is 2. The molecule has 0 spiro atoms. The zero-order valence-electron chi connectivity index (χ0n) is 14.3. The van der Waals surface area contributed by atoms with Gasteiger partial charge in [0.2, 0.25) is 5.91 Å². The van der Waals surface area contributed by atoms with E-state index in [9.17, 15) is 14.0 Å². The molecule has 1 unspecified atom stereocenters. The molecular formula is C19H22FN3O2. The minimum atomic E-state index is -0.358. The summed E-state index contributed by atoms with van der Waals surface area (Å²) in [6.45, 7) is 3.98. The van der Waals surface area contributed by atoms with Gasteiger partial charge in [-0.05, 0) is 55.8 Å². The van der Waals surface area contributed by atoms with E-state index in [4.69, 9.17) is 0 Å². The normalized spacial score (nSPS) is 11.5. The van der Waals surface area contributed by atoms with Gasteiger partial charge in [-0.1, -0.05) is 13.0 Å². The van der Waals surface area contributed by atoms with Crippen molar-refractivity contribution in [3.8, 4) is 0 Å². The maximum absolute atomic E-state index is 12.8. The van der Waals surface area contributed by atoms with Gasteiger partial charge >= 0.3 is 0 Å². The van der Waals surface area contributed by atoms with E-state index in [0.29, 0.717) is 16.9 Å². The minimum absolute atomic E-state index is 0.0355. The van der Waals surface area contributed by atoms with Gasteiger partial charge in [0.25, 0.3) is 5.91 Å². The van der Waals surface area contributed by atoms with E-state index in [-0.39, 0.29) is 30.2 Å². The van der Waals surface area contributed by atoms with Crippen LogP contribution in [0, 0.1) is 5.82 Å². The third kappa shape index (κ3) is 5.91. The average molecular weight is 343 g/mol. The van der Waals surface area contributed by atoms with Crippen molar-refractivity contribution >= 4 is 23.2 Å². The summed E-state index contributed by atoms with van der Waals surface area (Å²) >= 11 is 0. The van der Waals surface area contributed by atoms with E-state index < -0.39 is 0 Å². The molecule has 0 saturated heterocycles. The van der Waals surface area contributed by atoms with Crippen molar-refractivity contribution in [3.05, 3.63) is 59.9 Å². The second-order valence-electron chi connectivity index (χ2n) is 5.77. The lowest BCUT2D eigenvalue weighted by molar-refractivity contribution is -0.114. The molecule has 1 atom stereocenters. The van der Waals surface area contributed by atoms with Gasteiger partial charge in [0.15, 0.2) is 0 Å². The Morgan fingerprint density at radius 2 is 1.80 bits per heavy atom. The average Bonchev–Trinajstić information content (AvgIpc) is 2.62. The molecule has 0 aromatic heterocycles. The Balaban J connectivity index is 1.90. The molecule has 3 N–H and O–H groups in total. The van der Waals surface area contributed by atoms with E-state index >= 15 is 0 Å². The highest BCUT2D eigenvalue weighted by molar-refractivity contribution is 5.96. The summed E-state index contributed by atoms with van der Waals surface area (Å²) in [5.74, 6) is -0.765. The van der Waals surface area contributed by atoms with E-state index in [2.05, 4.69) is 16.0 Å². The van der Waals surface area contributed by atoms with Gasteiger partial charge in [-0.3, -0.25) is 9.59 Å². The molecule has 0 radical (unpaired) electrons. The van der Waals surface area contributed by atoms with Crippen LogP contribution in [-0.4, -0.2) is 24.4 Å². The fourth-order valence-electron chi connectivity index (χ4n) is 2.10. The second kappa shape index (κ2) is 8.82. The van der Waals surface area contributed by atoms with Crippen LogP contribution in [-0.2, 0) is 4.79 Å². The SMILES string of the molecule is CCC(C)NC(=O)c1cccc(NCC(=O)Nc2ccc(F)cc2)c1. The van der Waals surface area contributed by atoms with Crippen molar-refractivity contribution in [3.63, 3.8) is 0 Å². The van der Waals surface area contributed by atoms with E-state index in [1.54, 1.807) is 24.3 Å². The Labute approximate surface area is 146 Å². The van der Waals surface area contributed by atoms with E-state index in [1.807, 2.05) is 13.8 Å².